The van der Waals surface area contributed by atoms with Crippen molar-refractivity contribution in [2.75, 3.05) is 0 Å². The number of aromatic amines is 1. The summed E-state index contributed by atoms with van der Waals surface area (Å²) in [4.78, 5) is 14.1. The maximum Gasteiger partial charge on any atom is 0.409 e. The lowest BCUT2D eigenvalue weighted by atomic mass is 9.63. The number of aromatic nitrogens is 1. The second-order valence-corrected chi connectivity index (χ2v) is 5.83. The number of rotatable bonds is 0. The van der Waals surface area contributed by atoms with Crippen LogP contribution in [0, 0.1) is 5.92 Å². The molecule has 112 valence electrons. The molecule has 3 N–H and O–H groups in total. The minimum absolute atomic E-state index is 0.181. The number of pyridine rings is 1. The molecular weight excluding hydrogens is 281 g/mol. The first kappa shape index (κ1) is 14.1. The van der Waals surface area contributed by atoms with E-state index in [0.717, 1.165) is 5.57 Å². The molecule has 0 saturated heterocycles. The molecule has 1 aromatic heterocycles. The predicted molar refractivity (Wildman–Crippen MR) is 72.6 cm³/mol. The molecule has 3 nitrogen and oxygen atoms in total. The minimum Gasteiger partial charge on any atom is -0.326 e. The van der Waals surface area contributed by atoms with Crippen LogP contribution in [0.15, 0.2) is 40.2 Å². The van der Waals surface area contributed by atoms with Crippen molar-refractivity contribution in [3.05, 3.63) is 57.0 Å². The molecule has 3 rings (SSSR count). The standard InChI is InChI=1S/C15H15F3N2O/c1-8-4-9-5-12-10(2-3-13(21)20-12)14(19,6-8)11(9)7-15(16,17)18/h2-4,7,9H,5-6,19H2,1H3,(H,20,21)/b11-7+/t9?,14-/m0/s1. The van der Waals surface area contributed by atoms with Gasteiger partial charge >= 0.3 is 6.18 Å². The predicted octanol–water partition coefficient (Wildman–Crippen LogP) is 2.54. The van der Waals surface area contributed by atoms with E-state index in [0.29, 0.717) is 30.2 Å². The largest absolute Gasteiger partial charge is 0.409 e. The van der Waals surface area contributed by atoms with E-state index in [1.807, 2.05) is 13.0 Å². The maximum atomic E-state index is 12.8. The van der Waals surface area contributed by atoms with Gasteiger partial charge in [-0.2, -0.15) is 13.2 Å². The quantitative estimate of drug-likeness (QED) is 0.723. The van der Waals surface area contributed by atoms with Gasteiger partial charge in [-0.15, -0.1) is 0 Å². The molecule has 0 aromatic carbocycles. The number of halogens is 3. The summed E-state index contributed by atoms with van der Waals surface area (Å²) < 4.78 is 38.5. The SMILES string of the molecule is CC1=CC2Cc3[nH]c(=O)ccc3[C@@](N)(C1)/C2=C/C(F)(F)F. The van der Waals surface area contributed by atoms with Gasteiger partial charge in [-0.25, -0.2) is 0 Å². The van der Waals surface area contributed by atoms with E-state index in [-0.39, 0.29) is 11.1 Å². The van der Waals surface area contributed by atoms with E-state index >= 15 is 0 Å². The molecule has 2 bridgehead atoms. The minimum atomic E-state index is -4.41. The molecule has 0 saturated carbocycles. The second kappa shape index (κ2) is 4.34. The molecular formula is C15H15F3N2O. The van der Waals surface area contributed by atoms with Crippen LogP contribution >= 0.6 is 0 Å². The highest BCUT2D eigenvalue weighted by atomic mass is 19.4. The van der Waals surface area contributed by atoms with E-state index in [4.69, 9.17) is 5.73 Å². The first-order valence-electron chi connectivity index (χ1n) is 6.68. The van der Waals surface area contributed by atoms with Gasteiger partial charge in [-0.05, 0) is 37.0 Å². The molecule has 2 aliphatic rings. The van der Waals surface area contributed by atoms with Crippen molar-refractivity contribution in [3.8, 4) is 0 Å². The molecule has 0 aliphatic heterocycles. The Morgan fingerprint density at radius 2 is 2.14 bits per heavy atom. The molecule has 2 aliphatic carbocycles. The number of allylic oxidation sites excluding steroid dienone is 2. The molecule has 2 atom stereocenters. The number of H-pyrrole nitrogens is 1. The maximum absolute atomic E-state index is 12.8. The van der Waals surface area contributed by atoms with Gasteiger partial charge in [0.05, 0.1) is 5.54 Å². The van der Waals surface area contributed by atoms with Crippen molar-refractivity contribution < 1.29 is 13.2 Å². The Bertz CT molecular complexity index is 714. The molecule has 0 amide bonds. The van der Waals surface area contributed by atoms with Crippen molar-refractivity contribution in [1.29, 1.82) is 0 Å². The monoisotopic (exact) mass is 296 g/mol. The Morgan fingerprint density at radius 3 is 2.81 bits per heavy atom. The average molecular weight is 296 g/mol. The average Bonchev–Trinajstić information content (AvgIpc) is 2.30. The van der Waals surface area contributed by atoms with Crippen LogP contribution in [0.5, 0.6) is 0 Å². The van der Waals surface area contributed by atoms with Crippen molar-refractivity contribution in [1.82, 2.24) is 4.98 Å². The zero-order chi connectivity index (χ0) is 15.4. The smallest absolute Gasteiger partial charge is 0.326 e. The van der Waals surface area contributed by atoms with Crippen molar-refractivity contribution in [3.63, 3.8) is 0 Å². The first-order chi connectivity index (χ1) is 9.69. The van der Waals surface area contributed by atoms with Crippen molar-refractivity contribution in [2.45, 2.75) is 31.5 Å². The van der Waals surface area contributed by atoms with E-state index in [1.54, 1.807) is 6.07 Å². The van der Waals surface area contributed by atoms with Crippen LogP contribution in [-0.2, 0) is 12.0 Å². The number of alkyl halides is 3. The molecule has 1 aromatic rings. The third kappa shape index (κ3) is 2.33. The van der Waals surface area contributed by atoms with Gasteiger partial charge in [0.1, 0.15) is 0 Å². The fourth-order valence-electron chi connectivity index (χ4n) is 3.51. The lowest BCUT2D eigenvalue weighted by Gasteiger charge is -2.45. The number of hydrogen-bond acceptors (Lipinski definition) is 2. The summed E-state index contributed by atoms with van der Waals surface area (Å²) in [5.74, 6) is -0.420. The molecule has 0 spiro atoms. The Hall–Kier alpha value is -1.82. The Labute approximate surface area is 119 Å². The Kier molecular flexibility index (Phi) is 2.92. The summed E-state index contributed by atoms with van der Waals surface area (Å²) in [5.41, 5.74) is 7.28. The Balaban J connectivity index is 2.25. The van der Waals surface area contributed by atoms with E-state index in [2.05, 4.69) is 4.98 Å². The summed E-state index contributed by atoms with van der Waals surface area (Å²) in [7, 11) is 0. The van der Waals surface area contributed by atoms with Crippen molar-refractivity contribution >= 4 is 0 Å². The highest BCUT2D eigenvalue weighted by molar-refractivity contribution is 5.49. The summed E-state index contributed by atoms with van der Waals surface area (Å²) >= 11 is 0. The van der Waals surface area contributed by atoms with Gasteiger partial charge in [0.15, 0.2) is 0 Å². The van der Waals surface area contributed by atoms with Crippen LogP contribution in [0.4, 0.5) is 13.2 Å². The zero-order valence-corrected chi connectivity index (χ0v) is 11.4. The van der Waals surface area contributed by atoms with Crippen LogP contribution < -0.4 is 11.3 Å². The van der Waals surface area contributed by atoms with Gasteiger partial charge in [0, 0.05) is 23.8 Å². The van der Waals surface area contributed by atoms with Crippen LogP contribution in [-0.4, -0.2) is 11.2 Å². The molecule has 6 heteroatoms. The van der Waals surface area contributed by atoms with Gasteiger partial charge in [0.2, 0.25) is 5.56 Å². The van der Waals surface area contributed by atoms with Gasteiger partial charge in [0.25, 0.3) is 0 Å². The van der Waals surface area contributed by atoms with Crippen LogP contribution in [0.2, 0.25) is 0 Å². The van der Waals surface area contributed by atoms with Gasteiger partial charge in [-0.3, -0.25) is 4.79 Å². The number of nitrogens with two attached hydrogens (primary N) is 1. The fourth-order valence-corrected chi connectivity index (χ4v) is 3.51. The van der Waals surface area contributed by atoms with E-state index in [9.17, 15) is 18.0 Å². The molecule has 1 heterocycles. The Morgan fingerprint density at radius 1 is 1.43 bits per heavy atom. The summed E-state index contributed by atoms with van der Waals surface area (Å²) in [6.07, 6.45) is -1.60. The van der Waals surface area contributed by atoms with E-state index in [1.165, 1.54) is 6.07 Å². The molecule has 1 unspecified atom stereocenters. The summed E-state index contributed by atoms with van der Waals surface area (Å²) in [6.45, 7) is 1.87. The lowest BCUT2D eigenvalue weighted by Crippen LogP contribution is -2.48. The zero-order valence-electron chi connectivity index (χ0n) is 11.4. The highest BCUT2D eigenvalue weighted by Crippen LogP contribution is 2.48. The highest BCUT2D eigenvalue weighted by Gasteiger charge is 2.46. The number of hydrogen-bond donors (Lipinski definition) is 2. The lowest BCUT2D eigenvalue weighted by molar-refractivity contribution is -0.0815. The van der Waals surface area contributed by atoms with Crippen LogP contribution in [0.1, 0.15) is 24.6 Å². The molecule has 0 radical (unpaired) electrons. The first-order valence-corrected chi connectivity index (χ1v) is 6.68. The summed E-state index contributed by atoms with van der Waals surface area (Å²) in [5, 5.41) is 0. The van der Waals surface area contributed by atoms with E-state index < -0.39 is 17.6 Å². The summed E-state index contributed by atoms with van der Waals surface area (Å²) in [6, 6.07) is 2.86. The molecule has 21 heavy (non-hydrogen) atoms. The normalized spacial score (nSPS) is 30.0. The van der Waals surface area contributed by atoms with Crippen LogP contribution in [0.25, 0.3) is 0 Å². The topological polar surface area (TPSA) is 58.9 Å². The third-order valence-corrected chi connectivity index (χ3v) is 4.18. The van der Waals surface area contributed by atoms with Gasteiger partial charge < -0.3 is 10.7 Å². The van der Waals surface area contributed by atoms with Gasteiger partial charge in [-0.1, -0.05) is 11.6 Å². The number of nitrogens with one attached hydrogen (secondary N) is 1. The fraction of sp³-hybridized carbons (Fsp3) is 0.400. The second-order valence-electron chi connectivity index (χ2n) is 5.83. The third-order valence-electron chi connectivity index (χ3n) is 4.18. The molecule has 0 fully saturated rings. The van der Waals surface area contributed by atoms with Crippen molar-refractivity contribution in [2.24, 2.45) is 11.7 Å². The number of fused-ring (bicyclic) bond motifs is 4. The van der Waals surface area contributed by atoms with Crippen LogP contribution in [0.3, 0.4) is 0 Å².